The SMILES string of the molecule is CC(CO)CNC(=O)c1ccncc1. The van der Waals surface area contributed by atoms with Gasteiger partial charge in [0.25, 0.3) is 5.91 Å². The highest BCUT2D eigenvalue weighted by molar-refractivity contribution is 5.93. The number of aliphatic hydroxyl groups excluding tert-OH is 1. The maximum atomic E-state index is 11.4. The molecule has 0 aliphatic heterocycles. The molecule has 1 rings (SSSR count). The fourth-order valence-corrected chi connectivity index (χ4v) is 0.937. The minimum atomic E-state index is -0.132. The molecular weight excluding hydrogens is 180 g/mol. The minimum Gasteiger partial charge on any atom is -0.396 e. The summed E-state index contributed by atoms with van der Waals surface area (Å²) in [4.78, 5) is 15.3. The van der Waals surface area contributed by atoms with Crippen LogP contribution in [-0.4, -0.2) is 29.1 Å². The summed E-state index contributed by atoms with van der Waals surface area (Å²) >= 11 is 0. The second kappa shape index (κ2) is 5.34. The summed E-state index contributed by atoms with van der Waals surface area (Å²) in [5.41, 5.74) is 0.588. The first-order valence-electron chi connectivity index (χ1n) is 4.53. The molecule has 1 atom stereocenters. The lowest BCUT2D eigenvalue weighted by molar-refractivity contribution is 0.0942. The van der Waals surface area contributed by atoms with Crippen LogP contribution in [0.25, 0.3) is 0 Å². The van der Waals surface area contributed by atoms with Gasteiger partial charge in [-0.25, -0.2) is 0 Å². The minimum absolute atomic E-state index is 0.0800. The zero-order valence-corrected chi connectivity index (χ0v) is 8.10. The topological polar surface area (TPSA) is 62.2 Å². The Bertz CT molecular complexity index is 287. The molecule has 0 aliphatic carbocycles. The van der Waals surface area contributed by atoms with Crippen LogP contribution in [0, 0.1) is 5.92 Å². The highest BCUT2D eigenvalue weighted by Crippen LogP contribution is 1.96. The smallest absolute Gasteiger partial charge is 0.251 e. The molecule has 1 aromatic rings. The Kier molecular flexibility index (Phi) is 4.07. The second-order valence-corrected chi connectivity index (χ2v) is 3.23. The van der Waals surface area contributed by atoms with E-state index in [0.717, 1.165) is 0 Å². The molecule has 0 fully saturated rings. The number of carbonyl (C=O) groups is 1. The van der Waals surface area contributed by atoms with Crippen molar-refractivity contribution in [2.75, 3.05) is 13.2 Å². The number of rotatable bonds is 4. The molecular formula is C10H14N2O2. The number of hydrogen-bond donors (Lipinski definition) is 2. The van der Waals surface area contributed by atoms with Crippen molar-refractivity contribution in [2.45, 2.75) is 6.92 Å². The molecule has 0 saturated carbocycles. The van der Waals surface area contributed by atoms with Crippen LogP contribution in [0.5, 0.6) is 0 Å². The first-order valence-corrected chi connectivity index (χ1v) is 4.53. The van der Waals surface area contributed by atoms with E-state index in [4.69, 9.17) is 5.11 Å². The number of carbonyl (C=O) groups excluding carboxylic acids is 1. The van der Waals surface area contributed by atoms with E-state index in [9.17, 15) is 4.79 Å². The molecule has 0 radical (unpaired) electrons. The maximum Gasteiger partial charge on any atom is 0.251 e. The van der Waals surface area contributed by atoms with Crippen molar-refractivity contribution in [3.8, 4) is 0 Å². The Morgan fingerprint density at radius 1 is 1.57 bits per heavy atom. The summed E-state index contributed by atoms with van der Waals surface area (Å²) in [7, 11) is 0. The van der Waals surface area contributed by atoms with Crippen molar-refractivity contribution in [2.24, 2.45) is 5.92 Å². The molecule has 4 heteroatoms. The third-order valence-electron chi connectivity index (χ3n) is 1.87. The molecule has 1 aromatic heterocycles. The quantitative estimate of drug-likeness (QED) is 0.731. The average molecular weight is 194 g/mol. The van der Waals surface area contributed by atoms with Crippen LogP contribution in [0.3, 0.4) is 0 Å². The van der Waals surface area contributed by atoms with E-state index in [1.807, 2.05) is 6.92 Å². The Balaban J connectivity index is 2.44. The summed E-state index contributed by atoms with van der Waals surface area (Å²) in [6, 6.07) is 3.30. The van der Waals surface area contributed by atoms with Gasteiger partial charge in [-0.05, 0) is 18.1 Å². The van der Waals surface area contributed by atoms with E-state index < -0.39 is 0 Å². The zero-order valence-electron chi connectivity index (χ0n) is 8.10. The summed E-state index contributed by atoms with van der Waals surface area (Å²) < 4.78 is 0. The number of nitrogens with one attached hydrogen (secondary N) is 1. The standard InChI is InChI=1S/C10H14N2O2/c1-8(7-13)6-12-10(14)9-2-4-11-5-3-9/h2-5,8,13H,6-7H2,1H3,(H,12,14). The Hall–Kier alpha value is -1.42. The molecule has 1 heterocycles. The number of hydrogen-bond acceptors (Lipinski definition) is 3. The number of nitrogens with zero attached hydrogens (tertiary/aromatic N) is 1. The van der Waals surface area contributed by atoms with Crippen molar-refractivity contribution in [1.29, 1.82) is 0 Å². The summed E-state index contributed by atoms with van der Waals surface area (Å²) in [5, 5.41) is 11.5. The number of aliphatic hydroxyl groups is 1. The number of amides is 1. The van der Waals surface area contributed by atoms with Crippen molar-refractivity contribution in [1.82, 2.24) is 10.3 Å². The van der Waals surface area contributed by atoms with Crippen LogP contribution < -0.4 is 5.32 Å². The summed E-state index contributed by atoms with van der Waals surface area (Å²) in [6.07, 6.45) is 3.15. The number of aromatic nitrogens is 1. The van der Waals surface area contributed by atoms with Gasteiger partial charge in [0, 0.05) is 31.1 Å². The summed E-state index contributed by atoms with van der Waals surface area (Å²) in [5.74, 6) is -0.0477. The molecule has 76 valence electrons. The van der Waals surface area contributed by atoms with Crippen molar-refractivity contribution < 1.29 is 9.90 Å². The van der Waals surface area contributed by atoms with Crippen molar-refractivity contribution in [3.05, 3.63) is 30.1 Å². The van der Waals surface area contributed by atoms with Crippen molar-refractivity contribution >= 4 is 5.91 Å². The largest absolute Gasteiger partial charge is 0.396 e. The zero-order chi connectivity index (χ0) is 10.4. The Morgan fingerprint density at radius 3 is 2.79 bits per heavy atom. The van der Waals surface area contributed by atoms with E-state index in [0.29, 0.717) is 12.1 Å². The van der Waals surface area contributed by atoms with Crippen LogP contribution >= 0.6 is 0 Å². The molecule has 2 N–H and O–H groups in total. The van der Waals surface area contributed by atoms with E-state index >= 15 is 0 Å². The van der Waals surface area contributed by atoms with Gasteiger partial charge in [-0.2, -0.15) is 0 Å². The second-order valence-electron chi connectivity index (χ2n) is 3.23. The molecule has 0 saturated heterocycles. The van der Waals surface area contributed by atoms with Crippen LogP contribution in [0.2, 0.25) is 0 Å². The molecule has 0 spiro atoms. The molecule has 0 aromatic carbocycles. The normalized spacial score (nSPS) is 12.1. The molecule has 1 amide bonds. The predicted octanol–water partition coefficient (Wildman–Crippen LogP) is 0.440. The summed E-state index contributed by atoms with van der Waals surface area (Å²) in [6.45, 7) is 2.43. The van der Waals surface area contributed by atoms with Gasteiger partial charge in [-0.3, -0.25) is 9.78 Å². The van der Waals surface area contributed by atoms with Gasteiger partial charge in [0.15, 0.2) is 0 Å². The average Bonchev–Trinajstić information content (AvgIpc) is 2.26. The Labute approximate surface area is 83.0 Å². The fourth-order valence-electron chi connectivity index (χ4n) is 0.937. The third-order valence-corrected chi connectivity index (χ3v) is 1.87. The monoisotopic (exact) mass is 194 g/mol. The molecule has 14 heavy (non-hydrogen) atoms. The molecule has 0 aliphatic rings. The first-order chi connectivity index (χ1) is 6.74. The van der Waals surface area contributed by atoms with Gasteiger partial charge < -0.3 is 10.4 Å². The molecule has 1 unspecified atom stereocenters. The third kappa shape index (κ3) is 3.14. The lowest BCUT2D eigenvalue weighted by atomic mass is 10.2. The van der Waals surface area contributed by atoms with Crippen LogP contribution in [0.4, 0.5) is 0 Å². The van der Waals surface area contributed by atoms with Crippen LogP contribution in [0.15, 0.2) is 24.5 Å². The van der Waals surface area contributed by atoms with E-state index in [1.165, 1.54) is 0 Å². The van der Waals surface area contributed by atoms with E-state index in [2.05, 4.69) is 10.3 Å². The Morgan fingerprint density at radius 2 is 2.21 bits per heavy atom. The van der Waals surface area contributed by atoms with Crippen LogP contribution in [0.1, 0.15) is 17.3 Å². The lowest BCUT2D eigenvalue weighted by Crippen LogP contribution is -2.29. The highest BCUT2D eigenvalue weighted by Gasteiger charge is 2.05. The number of pyridine rings is 1. The fraction of sp³-hybridized carbons (Fsp3) is 0.400. The molecule has 0 bridgehead atoms. The van der Waals surface area contributed by atoms with E-state index in [-0.39, 0.29) is 18.4 Å². The maximum absolute atomic E-state index is 11.4. The lowest BCUT2D eigenvalue weighted by Gasteiger charge is -2.09. The van der Waals surface area contributed by atoms with Gasteiger partial charge in [0.05, 0.1) is 0 Å². The van der Waals surface area contributed by atoms with Crippen LogP contribution in [-0.2, 0) is 0 Å². The van der Waals surface area contributed by atoms with Crippen molar-refractivity contribution in [3.63, 3.8) is 0 Å². The first kappa shape index (κ1) is 10.7. The van der Waals surface area contributed by atoms with E-state index in [1.54, 1.807) is 24.5 Å². The molecule has 4 nitrogen and oxygen atoms in total. The van der Waals surface area contributed by atoms with Gasteiger partial charge in [0.2, 0.25) is 0 Å². The van der Waals surface area contributed by atoms with Gasteiger partial charge in [0.1, 0.15) is 0 Å². The van der Waals surface area contributed by atoms with Gasteiger partial charge in [-0.15, -0.1) is 0 Å². The van der Waals surface area contributed by atoms with Gasteiger partial charge >= 0.3 is 0 Å². The predicted molar refractivity (Wildman–Crippen MR) is 52.8 cm³/mol. The van der Waals surface area contributed by atoms with Gasteiger partial charge in [-0.1, -0.05) is 6.92 Å². The highest BCUT2D eigenvalue weighted by atomic mass is 16.3.